The summed E-state index contributed by atoms with van der Waals surface area (Å²) in [6.07, 6.45) is 3.37. The molecule has 0 radical (unpaired) electrons. The Bertz CT molecular complexity index is 516. The summed E-state index contributed by atoms with van der Waals surface area (Å²) >= 11 is 0. The lowest BCUT2D eigenvalue weighted by atomic mass is 10.3. The summed E-state index contributed by atoms with van der Waals surface area (Å²) in [6.45, 7) is 4.99. The number of nitrogens with one attached hydrogen (secondary N) is 1. The van der Waals surface area contributed by atoms with Gasteiger partial charge in [-0.15, -0.1) is 0 Å². The molecule has 1 fully saturated rings. The molecule has 3 rings (SSSR count). The largest absolute Gasteiger partial charge is 0.314 e. The zero-order chi connectivity index (χ0) is 11.7. The Hall–Kier alpha value is -1.46. The fourth-order valence-electron chi connectivity index (χ4n) is 2.19. The van der Waals surface area contributed by atoms with Crippen molar-refractivity contribution in [3.05, 3.63) is 36.0 Å². The Morgan fingerprint density at radius 1 is 1.24 bits per heavy atom. The van der Waals surface area contributed by atoms with Crippen LogP contribution < -0.4 is 5.32 Å². The Kier molecular flexibility index (Phi) is 2.78. The van der Waals surface area contributed by atoms with Crippen molar-refractivity contribution in [2.24, 2.45) is 0 Å². The first kappa shape index (κ1) is 10.7. The molecule has 4 nitrogen and oxygen atoms in total. The van der Waals surface area contributed by atoms with Crippen molar-refractivity contribution in [3.8, 4) is 0 Å². The number of halogens is 1. The van der Waals surface area contributed by atoms with Gasteiger partial charge in [-0.05, 0) is 12.1 Å². The second kappa shape index (κ2) is 4.43. The summed E-state index contributed by atoms with van der Waals surface area (Å²) < 4.78 is 14.8. The summed E-state index contributed by atoms with van der Waals surface area (Å²) in [6, 6.07) is 3.15. The maximum absolute atomic E-state index is 13.0. The molecule has 0 aliphatic carbocycles. The number of pyridine rings is 1. The predicted octanol–water partition coefficient (Wildman–Crippen LogP) is 0.879. The Morgan fingerprint density at radius 3 is 2.88 bits per heavy atom. The third-order valence-corrected chi connectivity index (χ3v) is 3.06. The molecule has 0 saturated carbocycles. The minimum Gasteiger partial charge on any atom is -0.314 e. The molecular formula is C12H15FN4. The van der Waals surface area contributed by atoms with Gasteiger partial charge in [0.05, 0.1) is 5.69 Å². The lowest BCUT2D eigenvalue weighted by Crippen LogP contribution is -2.42. The van der Waals surface area contributed by atoms with Crippen molar-refractivity contribution in [1.29, 1.82) is 0 Å². The number of imidazole rings is 1. The Morgan fingerprint density at radius 2 is 2.06 bits per heavy atom. The van der Waals surface area contributed by atoms with Crippen molar-refractivity contribution in [2.45, 2.75) is 6.54 Å². The van der Waals surface area contributed by atoms with Gasteiger partial charge in [0.2, 0.25) is 0 Å². The molecule has 0 aromatic carbocycles. The summed E-state index contributed by atoms with van der Waals surface area (Å²) in [5.41, 5.74) is 1.80. The first-order chi connectivity index (χ1) is 8.31. The van der Waals surface area contributed by atoms with Crippen LogP contribution in [-0.4, -0.2) is 40.5 Å². The molecule has 2 aromatic rings. The van der Waals surface area contributed by atoms with Gasteiger partial charge in [0.15, 0.2) is 0 Å². The van der Waals surface area contributed by atoms with Gasteiger partial charge in [-0.1, -0.05) is 0 Å². The molecule has 0 amide bonds. The summed E-state index contributed by atoms with van der Waals surface area (Å²) in [5.74, 6) is -0.233. The number of aromatic nitrogens is 2. The van der Waals surface area contributed by atoms with Crippen molar-refractivity contribution in [3.63, 3.8) is 0 Å². The molecule has 2 aromatic heterocycles. The van der Waals surface area contributed by atoms with Crippen molar-refractivity contribution >= 4 is 5.65 Å². The SMILES string of the molecule is Fc1ccc2nc(CN3CCNCC3)cn2c1. The fraction of sp³-hybridized carbons (Fsp3) is 0.417. The van der Waals surface area contributed by atoms with Crippen LogP contribution in [0.4, 0.5) is 4.39 Å². The number of hydrogen-bond donors (Lipinski definition) is 1. The molecule has 0 bridgehead atoms. The highest BCUT2D eigenvalue weighted by molar-refractivity contribution is 5.39. The molecule has 1 aliphatic heterocycles. The van der Waals surface area contributed by atoms with E-state index in [9.17, 15) is 4.39 Å². The molecule has 1 saturated heterocycles. The third-order valence-electron chi connectivity index (χ3n) is 3.06. The van der Waals surface area contributed by atoms with Gasteiger partial charge in [-0.25, -0.2) is 9.37 Å². The average Bonchev–Trinajstić information content (AvgIpc) is 2.71. The molecule has 90 valence electrons. The molecule has 1 aliphatic rings. The van der Waals surface area contributed by atoms with Gasteiger partial charge in [0.25, 0.3) is 0 Å². The maximum atomic E-state index is 13.0. The van der Waals surface area contributed by atoms with E-state index < -0.39 is 0 Å². The van der Waals surface area contributed by atoms with Crippen molar-refractivity contribution < 1.29 is 4.39 Å². The van der Waals surface area contributed by atoms with E-state index in [1.165, 1.54) is 12.3 Å². The number of piperazine rings is 1. The normalized spacial score (nSPS) is 17.7. The fourth-order valence-corrected chi connectivity index (χ4v) is 2.19. The van der Waals surface area contributed by atoms with Gasteiger partial charge in [-0.3, -0.25) is 4.90 Å². The van der Waals surface area contributed by atoms with Crippen LogP contribution in [-0.2, 0) is 6.54 Å². The van der Waals surface area contributed by atoms with E-state index >= 15 is 0 Å². The predicted molar refractivity (Wildman–Crippen MR) is 63.3 cm³/mol. The summed E-state index contributed by atoms with van der Waals surface area (Å²) in [7, 11) is 0. The lowest BCUT2D eigenvalue weighted by Gasteiger charge is -2.26. The second-order valence-corrected chi connectivity index (χ2v) is 4.37. The number of nitrogens with zero attached hydrogens (tertiary/aromatic N) is 3. The van der Waals surface area contributed by atoms with E-state index in [0.29, 0.717) is 0 Å². The van der Waals surface area contributed by atoms with Crippen molar-refractivity contribution in [2.75, 3.05) is 26.2 Å². The Labute approximate surface area is 99.1 Å². The van der Waals surface area contributed by atoms with Gasteiger partial charge in [0, 0.05) is 45.1 Å². The molecule has 0 atom stereocenters. The average molecular weight is 234 g/mol. The smallest absolute Gasteiger partial charge is 0.139 e. The highest BCUT2D eigenvalue weighted by Crippen LogP contribution is 2.09. The molecule has 1 N–H and O–H groups in total. The standard InChI is InChI=1S/C12H15FN4/c13-10-1-2-12-15-11(9-17(12)7-10)8-16-5-3-14-4-6-16/h1-2,7,9,14H,3-6,8H2. The molecular weight excluding hydrogens is 219 g/mol. The van der Waals surface area contributed by atoms with Crippen LogP contribution in [0.3, 0.4) is 0 Å². The Balaban J connectivity index is 1.80. The van der Waals surface area contributed by atoms with Crippen LogP contribution in [0.25, 0.3) is 5.65 Å². The van der Waals surface area contributed by atoms with Crippen LogP contribution >= 0.6 is 0 Å². The molecule has 0 unspecified atom stereocenters. The van der Waals surface area contributed by atoms with E-state index in [-0.39, 0.29) is 5.82 Å². The molecule has 5 heteroatoms. The lowest BCUT2D eigenvalue weighted by molar-refractivity contribution is 0.231. The number of rotatable bonds is 2. The first-order valence-electron chi connectivity index (χ1n) is 5.87. The molecule has 17 heavy (non-hydrogen) atoms. The summed E-state index contributed by atoms with van der Waals surface area (Å²) in [4.78, 5) is 6.84. The van der Waals surface area contributed by atoms with Crippen LogP contribution in [0.15, 0.2) is 24.5 Å². The van der Waals surface area contributed by atoms with E-state index in [1.54, 1.807) is 10.5 Å². The minimum absolute atomic E-state index is 0.233. The molecule has 0 spiro atoms. The zero-order valence-electron chi connectivity index (χ0n) is 9.56. The summed E-state index contributed by atoms with van der Waals surface area (Å²) in [5, 5.41) is 3.32. The van der Waals surface area contributed by atoms with Gasteiger partial charge in [-0.2, -0.15) is 0 Å². The highest BCUT2D eigenvalue weighted by Gasteiger charge is 2.11. The number of hydrogen-bond acceptors (Lipinski definition) is 3. The zero-order valence-corrected chi connectivity index (χ0v) is 9.56. The minimum atomic E-state index is -0.233. The monoisotopic (exact) mass is 234 g/mol. The number of fused-ring (bicyclic) bond motifs is 1. The van der Waals surface area contributed by atoms with Crippen LogP contribution in [0.2, 0.25) is 0 Å². The second-order valence-electron chi connectivity index (χ2n) is 4.37. The van der Waals surface area contributed by atoms with E-state index in [1.807, 2.05) is 6.20 Å². The van der Waals surface area contributed by atoms with E-state index in [2.05, 4.69) is 15.2 Å². The van der Waals surface area contributed by atoms with Gasteiger partial charge in [0.1, 0.15) is 11.5 Å². The quantitative estimate of drug-likeness (QED) is 0.837. The van der Waals surface area contributed by atoms with Crippen LogP contribution in [0, 0.1) is 5.82 Å². The van der Waals surface area contributed by atoms with Crippen LogP contribution in [0.1, 0.15) is 5.69 Å². The maximum Gasteiger partial charge on any atom is 0.139 e. The van der Waals surface area contributed by atoms with Crippen molar-refractivity contribution in [1.82, 2.24) is 19.6 Å². The van der Waals surface area contributed by atoms with Gasteiger partial charge < -0.3 is 9.72 Å². The third kappa shape index (κ3) is 2.30. The van der Waals surface area contributed by atoms with E-state index in [0.717, 1.165) is 44.1 Å². The first-order valence-corrected chi connectivity index (χ1v) is 5.87. The highest BCUT2D eigenvalue weighted by atomic mass is 19.1. The van der Waals surface area contributed by atoms with Crippen LogP contribution in [0.5, 0.6) is 0 Å². The van der Waals surface area contributed by atoms with E-state index in [4.69, 9.17) is 0 Å². The molecule has 3 heterocycles. The van der Waals surface area contributed by atoms with Gasteiger partial charge >= 0.3 is 0 Å². The topological polar surface area (TPSA) is 32.6 Å².